The Balaban J connectivity index is 2.26. The maximum Gasteiger partial charge on any atom is 0.412 e. The van der Waals surface area contributed by atoms with E-state index in [9.17, 15) is 13.2 Å². The lowest BCUT2D eigenvalue weighted by atomic mass is 10.1. The van der Waals surface area contributed by atoms with Crippen LogP contribution in [0.3, 0.4) is 0 Å². The third-order valence-corrected chi connectivity index (χ3v) is 3.46. The minimum atomic E-state index is -4.40. The van der Waals surface area contributed by atoms with Crippen LogP contribution in [-0.2, 0) is 0 Å². The highest BCUT2D eigenvalue weighted by Gasteiger charge is 2.40. The van der Waals surface area contributed by atoms with Gasteiger partial charge in [0, 0.05) is 10.2 Å². The van der Waals surface area contributed by atoms with Crippen molar-refractivity contribution in [3.63, 3.8) is 0 Å². The summed E-state index contributed by atoms with van der Waals surface area (Å²) in [5, 5.41) is 2.51. The average molecular weight is 360 g/mol. The van der Waals surface area contributed by atoms with E-state index in [1.165, 1.54) is 19.2 Å². The Morgan fingerprint density at radius 2 is 1.57 bits per heavy atom. The summed E-state index contributed by atoms with van der Waals surface area (Å²) in [6.07, 6.45) is -4.40. The highest BCUT2D eigenvalue weighted by atomic mass is 79.9. The molecule has 0 bridgehead atoms. The van der Waals surface area contributed by atoms with E-state index >= 15 is 0 Å². The van der Waals surface area contributed by atoms with E-state index in [1.807, 2.05) is 0 Å². The van der Waals surface area contributed by atoms with Gasteiger partial charge in [0.05, 0.1) is 7.11 Å². The summed E-state index contributed by atoms with van der Waals surface area (Å²) in [6.45, 7) is 0. The van der Waals surface area contributed by atoms with Gasteiger partial charge < -0.3 is 10.1 Å². The Kier molecular flexibility index (Phi) is 4.77. The molecule has 0 aliphatic carbocycles. The van der Waals surface area contributed by atoms with Crippen molar-refractivity contribution in [2.75, 3.05) is 12.4 Å². The van der Waals surface area contributed by atoms with Crippen LogP contribution < -0.4 is 10.1 Å². The summed E-state index contributed by atoms with van der Waals surface area (Å²) in [4.78, 5) is 0. The Morgan fingerprint density at radius 1 is 1.00 bits per heavy atom. The van der Waals surface area contributed by atoms with E-state index < -0.39 is 12.2 Å². The second kappa shape index (κ2) is 6.39. The quantitative estimate of drug-likeness (QED) is 0.812. The zero-order valence-electron chi connectivity index (χ0n) is 11.1. The standard InChI is InChI=1S/C15H13BrF3NO/c1-21-13-8-6-12(7-9-13)20-14(15(17,18)19)10-2-4-11(16)5-3-10/h2-9,14,20H,1H3/t14-/m0/s1. The van der Waals surface area contributed by atoms with E-state index in [-0.39, 0.29) is 5.56 Å². The fourth-order valence-electron chi connectivity index (χ4n) is 1.86. The summed E-state index contributed by atoms with van der Waals surface area (Å²) < 4.78 is 45.4. The lowest BCUT2D eigenvalue weighted by molar-refractivity contribution is -0.144. The largest absolute Gasteiger partial charge is 0.497 e. The number of halogens is 4. The van der Waals surface area contributed by atoms with Crippen LogP contribution >= 0.6 is 15.9 Å². The molecule has 0 amide bonds. The molecule has 1 atom stereocenters. The van der Waals surface area contributed by atoms with Crippen LogP contribution in [0.5, 0.6) is 5.75 Å². The van der Waals surface area contributed by atoms with Crippen molar-refractivity contribution in [3.8, 4) is 5.75 Å². The molecule has 0 aromatic heterocycles. The molecule has 2 aromatic rings. The fraction of sp³-hybridized carbons (Fsp3) is 0.200. The van der Waals surface area contributed by atoms with Gasteiger partial charge in [-0.05, 0) is 42.0 Å². The predicted octanol–water partition coefficient (Wildman–Crippen LogP) is 5.17. The molecule has 0 unspecified atom stereocenters. The molecular weight excluding hydrogens is 347 g/mol. The van der Waals surface area contributed by atoms with Crippen molar-refractivity contribution in [1.82, 2.24) is 0 Å². The van der Waals surface area contributed by atoms with Crippen molar-refractivity contribution in [3.05, 3.63) is 58.6 Å². The van der Waals surface area contributed by atoms with Crippen LogP contribution in [0.15, 0.2) is 53.0 Å². The van der Waals surface area contributed by atoms with Crippen LogP contribution in [-0.4, -0.2) is 13.3 Å². The molecule has 0 aliphatic heterocycles. The molecule has 2 aromatic carbocycles. The molecule has 0 spiro atoms. The summed E-state index contributed by atoms with van der Waals surface area (Å²) in [6, 6.07) is 10.6. The Labute approximate surface area is 129 Å². The topological polar surface area (TPSA) is 21.3 Å². The molecule has 21 heavy (non-hydrogen) atoms. The van der Waals surface area contributed by atoms with Crippen molar-refractivity contribution in [1.29, 1.82) is 0 Å². The molecule has 0 saturated heterocycles. The molecule has 6 heteroatoms. The van der Waals surface area contributed by atoms with Gasteiger partial charge >= 0.3 is 6.18 Å². The van der Waals surface area contributed by atoms with Crippen LogP contribution in [0.1, 0.15) is 11.6 Å². The minimum absolute atomic E-state index is 0.154. The molecule has 0 aliphatic rings. The van der Waals surface area contributed by atoms with Gasteiger partial charge in [-0.25, -0.2) is 0 Å². The molecule has 0 fully saturated rings. The lowest BCUT2D eigenvalue weighted by Gasteiger charge is -2.23. The number of rotatable bonds is 4. The number of anilines is 1. The summed E-state index contributed by atoms with van der Waals surface area (Å²) in [5.74, 6) is 0.591. The first kappa shape index (κ1) is 15.7. The normalized spacial score (nSPS) is 12.8. The number of methoxy groups -OCH3 is 1. The SMILES string of the molecule is COc1ccc(N[C@@H](c2ccc(Br)cc2)C(F)(F)F)cc1. The van der Waals surface area contributed by atoms with Gasteiger partial charge in [-0.2, -0.15) is 13.2 Å². The highest BCUT2D eigenvalue weighted by Crippen LogP contribution is 2.36. The number of hydrogen-bond donors (Lipinski definition) is 1. The third-order valence-electron chi connectivity index (χ3n) is 2.93. The van der Waals surface area contributed by atoms with E-state index in [2.05, 4.69) is 21.2 Å². The molecular formula is C15H13BrF3NO. The third kappa shape index (κ3) is 4.14. The molecule has 0 radical (unpaired) electrons. The Bertz CT molecular complexity index is 581. The number of ether oxygens (including phenoxy) is 1. The molecule has 2 rings (SSSR count). The van der Waals surface area contributed by atoms with Gasteiger partial charge in [0.15, 0.2) is 0 Å². The highest BCUT2D eigenvalue weighted by molar-refractivity contribution is 9.10. The van der Waals surface area contributed by atoms with E-state index in [0.717, 1.165) is 4.47 Å². The van der Waals surface area contributed by atoms with Crippen LogP contribution in [0.2, 0.25) is 0 Å². The second-order valence-electron chi connectivity index (χ2n) is 4.40. The van der Waals surface area contributed by atoms with Crippen molar-refractivity contribution >= 4 is 21.6 Å². The fourth-order valence-corrected chi connectivity index (χ4v) is 2.13. The Hall–Kier alpha value is -1.69. The van der Waals surface area contributed by atoms with Gasteiger partial charge in [0.2, 0.25) is 0 Å². The first-order valence-electron chi connectivity index (χ1n) is 6.13. The van der Waals surface area contributed by atoms with Gasteiger partial charge in [0.1, 0.15) is 11.8 Å². The molecule has 0 saturated carbocycles. The van der Waals surface area contributed by atoms with E-state index in [0.29, 0.717) is 11.4 Å². The molecule has 0 heterocycles. The predicted molar refractivity (Wildman–Crippen MR) is 79.6 cm³/mol. The molecule has 112 valence electrons. The van der Waals surface area contributed by atoms with Gasteiger partial charge in [-0.15, -0.1) is 0 Å². The zero-order chi connectivity index (χ0) is 15.5. The molecule has 1 N–H and O–H groups in total. The van der Waals surface area contributed by atoms with Crippen LogP contribution in [0.25, 0.3) is 0 Å². The lowest BCUT2D eigenvalue weighted by Crippen LogP contribution is -2.27. The van der Waals surface area contributed by atoms with Crippen LogP contribution in [0.4, 0.5) is 18.9 Å². The van der Waals surface area contributed by atoms with Gasteiger partial charge in [-0.3, -0.25) is 0 Å². The smallest absolute Gasteiger partial charge is 0.412 e. The van der Waals surface area contributed by atoms with Gasteiger partial charge in [-0.1, -0.05) is 28.1 Å². The van der Waals surface area contributed by atoms with E-state index in [1.54, 1.807) is 36.4 Å². The Morgan fingerprint density at radius 3 is 2.05 bits per heavy atom. The number of hydrogen-bond acceptors (Lipinski definition) is 2. The summed E-state index contributed by atoms with van der Waals surface area (Å²) in [5.41, 5.74) is 0.530. The first-order chi connectivity index (χ1) is 9.90. The second-order valence-corrected chi connectivity index (χ2v) is 5.31. The summed E-state index contributed by atoms with van der Waals surface area (Å²) >= 11 is 3.21. The minimum Gasteiger partial charge on any atom is -0.497 e. The van der Waals surface area contributed by atoms with Crippen molar-refractivity contribution < 1.29 is 17.9 Å². The van der Waals surface area contributed by atoms with Gasteiger partial charge in [0.25, 0.3) is 0 Å². The number of nitrogens with one attached hydrogen (secondary N) is 1. The monoisotopic (exact) mass is 359 g/mol. The maximum absolute atomic E-state index is 13.2. The summed E-state index contributed by atoms with van der Waals surface area (Å²) in [7, 11) is 1.50. The van der Waals surface area contributed by atoms with Crippen molar-refractivity contribution in [2.24, 2.45) is 0 Å². The molecule has 2 nitrogen and oxygen atoms in total. The average Bonchev–Trinajstić information content (AvgIpc) is 2.45. The van der Waals surface area contributed by atoms with Crippen LogP contribution in [0, 0.1) is 0 Å². The first-order valence-corrected chi connectivity index (χ1v) is 6.92. The zero-order valence-corrected chi connectivity index (χ0v) is 12.7. The number of alkyl halides is 3. The number of benzene rings is 2. The maximum atomic E-state index is 13.2. The van der Waals surface area contributed by atoms with E-state index in [4.69, 9.17) is 4.74 Å². The van der Waals surface area contributed by atoms with Crippen molar-refractivity contribution in [2.45, 2.75) is 12.2 Å².